The molecule has 136 valence electrons. The van der Waals surface area contributed by atoms with E-state index >= 15 is 0 Å². The highest BCUT2D eigenvalue weighted by Crippen LogP contribution is 2.28. The van der Waals surface area contributed by atoms with Crippen molar-refractivity contribution in [1.29, 1.82) is 0 Å². The summed E-state index contributed by atoms with van der Waals surface area (Å²) in [5.74, 6) is 0.0613. The van der Waals surface area contributed by atoms with E-state index in [1.54, 1.807) is 41.5 Å². The van der Waals surface area contributed by atoms with E-state index in [1.807, 2.05) is 0 Å². The monoisotopic (exact) mass is 375 g/mol. The van der Waals surface area contributed by atoms with Crippen LogP contribution in [0.1, 0.15) is 40.7 Å². The van der Waals surface area contributed by atoms with Gasteiger partial charge in [-0.05, 0) is 44.9 Å². The van der Waals surface area contributed by atoms with Gasteiger partial charge in [0.05, 0.1) is 11.2 Å². The maximum absolute atomic E-state index is 12.7. The summed E-state index contributed by atoms with van der Waals surface area (Å²) in [7, 11) is 0. The first-order chi connectivity index (χ1) is 12.5. The van der Waals surface area contributed by atoms with Crippen molar-refractivity contribution >= 4 is 28.6 Å². The number of oxazole rings is 1. The van der Waals surface area contributed by atoms with Crippen LogP contribution in [-0.2, 0) is 0 Å². The molecule has 8 heteroatoms. The summed E-state index contributed by atoms with van der Waals surface area (Å²) in [6, 6.07) is 5.10. The fourth-order valence-corrected chi connectivity index (χ4v) is 3.79. The quantitative estimate of drug-likeness (QED) is 0.686. The van der Waals surface area contributed by atoms with E-state index in [4.69, 9.17) is 20.5 Å². The second-order valence-electron chi connectivity index (χ2n) is 6.57. The molecule has 0 radical (unpaired) electrons. The lowest BCUT2D eigenvalue weighted by Crippen LogP contribution is -2.40. The van der Waals surface area contributed by atoms with Gasteiger partial charge in [-0.2, -0.15) is 0 Å². The van der Waals surface area contributed by atoms with Gasteiger partial charge in [-0.1, -0.05) is 16.8 Å². The average Bonchev–Trinajstić information content (AvgIpc) is 3.12. The summed E-state index contributed by atoms with van der Waals surface area (Å²) in [6.45, 7) is 4.60. The van der Waals surface area contributed by atoms with E-state index in [2.05, 4.69) is 5.16 Å². The normalized spacial score (nSPS) is 15.7. The standard InChI is InChI=1S/C18H18ClN3O4/c1-10-16(11(2)26-20-10)17(23)21-7-5-13(6-8-21)22-14-9-12(19)3-4-15(14)25-18(22)24/h3-4,9,13H,5-8H2,1-2H3. The Morgan fingerprint density at radius 3 is 2.65 bits per heavy atom. The van der Waals surface area contributed by atoms with E-state index in [0.717, 1.165) is 0 Å². The fraction of sp³-hybridized carbons (Fsp3) is 0.389. The smallest absolute Gasteiger partial charge is 0.408 e. The number of piperidine rings is 1. The highest BCUT2D eigenvalue weighted by Gasteiger charge is 2.29. The third kappa shape index (κ3) is 2.72. The van der Waals surface area contributed by atoms with Gasteiger partial charge in [0.2, 0.25) is 0 Å². The van der Waals surface area contributed by atoms with Crippen LogP contribution >= 0.6 is 11.6 Å². The van der Waals surface area contributed by atoms with E-state index in [1.165, 1.54) is 0 Å². The summed E-state index contributed by atoms with van der Waals surface area (Å²) in [5.41, 5.74) is 2.34. The number of benzene rings is 1. The van der Waals surface area contributed by atoms with Crippen molar-refractivity contribution in [1.82, 2.24) is 14.6 Å². The zero-order valence-electron chi connectivity index (χ0n) is 14.5. The van der Waals surface area contributed by atoms with Crippen LogP contribution < -0.4 is 5.76 Å². The number of hydrogen-bond donors (Lipinski definition) is 0. The molecule has 3 heterocycles. The molecule has 1 aromatic carbocycles. The first-order valence-corrected chi connectivity index (χ1v) is 8.86. The molecule has 26 heavy (non-hydrogen) atoms. The van der Waals surface area contributed by atoms with Crippen molar-refractivity contribution in [2.75, 3.05) is 13.1 Å². The molecule has 1 saturated heterocycles. The number of halogens is 1. The summed E-state index contributed by atoms with van der Waals surface area (Å²) in [6.07, 6.45) is 1.33. The van der Waals surface area contributed by atoms with E-state index < -0.39 is 5.76 Å². The van der Waals surface area contributed by atoms with Crippen LogP contribution in [0.15, 0.2) is 31.9 Å². The summed E-state index contributed by atoms with van der Waals surface area (Å²) < 4.78 is 12.1. The van der Waals surface area contributed by atoms with Gasteiger partial charge in [0.15, 0.2) is 5.58 Å². The first kappa shape index (κ1) is 16.9. The maximum Gasteiger partial charge on any atom is 0.420 e. The van der Waals surface area contributed by atoms with Crippen molar-refractivity contribution in [3.8, 4) is 0 Å². The van der Waals surface area contributed by atoms with Gasteiger partial charge in [-0.3, -0.25) is 9.36 Å². The van der Waals surface area contributed by atoms with Crippen LogP contribution in [0.2, 0.25) is 5.02 Å². The zero-order chi connectivity index (χ0) is 18.4. The van der Waals surface area contributed by atoms with Crippen LogP contribution in [0.25, 0.3) is 11.1 Å². The first-order valence-electron chi connectivity index (χ1n) is 8.48. The van der Waals surface area contributed by atoms with Gasteiger partial charge < -0.3 is 13.8 Å². The maximum atomic E-state index is 12.7. The van der Waals surface area contributed by atoms with Gasteiger partial charge >= 0.3 is 5.76 Å². The topological polar surface area (TPSA) is 81.5 Å². The van der Waals surface area contributed by atoms with Crippen molar-refractivity contribution in [3.05, 3.63) is 50.8 Å². The molecule has 1 aliphatic rings. The third-order valence-electron chi connectivity index (χ3n) is 4.94. The lowest BCUT2D eigenvalue weighted by molar-refractivity contribution is 0.0691. The lowest BCUT2D eigenvalue weighted by atomic mass is 10.0. The molecular weight excluding hydrogens is 358 g/mol. The number of carbonyl (C=O) groups excluding carboxylic acids is 1. The molecule has 3 aromatic rings. The van der Waals surface area contributed by atoms with Crippen molar-refractivity contribution in [2.45, 2.75) is 32.7 Å². The van der Waals surface area contributed by atoms with Crippen LogP contribution in [0.3, 0.4) is 0 Å². The Balaban J connectivity index is 1.56. The summed E-state index contributed by atoms with van der Waals surface area (Å²) in [4.78, 5) is 26.8. The molecule has 0 bridgehead atoms. The Morgan fingerprint density at radius 1 is 1.27 bits per heavy atom. The van der Waals surface area contributed by atoms with Crippen molar-refractivity contribution in [3.63, 3.8) is 0 Å². The second-order valence-corrected chi connectivity index (χ2v) is 7.01. The van der Waals surface area contributed by atoms with Crippen LogP contribution in [-0.4, -0.2) is 33.6 Å². The number of fused-ring (bicyclic) bond motifs is 1. The van der Waals surface area contributed by atoms with Crippen LogP contribution in [0, 0.1) is 13.8 Å². The Labute approximate surface area is 154 Å². The highest BCUT2D eigenvalue weighted by atomic mass is 35.5. The lowest BCUT2D eigenvalue weighted by Gasteiger charge is -2.32. The Morgan fingerprint density at radius 2 is 2.00 bits per heavy atom. The minimum Gasteiger partial charge on any atom is -0.408 e. The predicted molar refractivity (Wildman–Crippen MR) is 95.6 cm³/mol. The van der Waals surface area contributed by atoms with Crippen molar-refractivity contribution < 1.29 is 13.7 Å². The minimum absolute atomic E-state index is 0.0315. The Hall–Kier alpha value is -2.54. The number of carbonyl (C=O) groups is 1. The molecular formula is C18H18ClN3O4. The number of amides is 1. The SMILES string of the molecule is Cc1noc(C)c1C(=O)N1CCC(n2c(=O)oc3ccc(Cl)cc32)CC1. The third-order valence-corrected chi connectivity index (χ3v) is 5.17. The largest absolute Gasteiger partial charge is 0.420 e. The van der Waals surface area contributed by atoms with E-state index in [9.17, 15) is 9.59 Å². The minimum atomic E-state index is -0.391. The molecule has 0 atom stereocenters. The second kappa shape index (κ2) is 6.32. The molecule has 0 spiro atoms. The molecule has 7 nitrogen and oxygen atoms in total. The molecule has 1 amide bonds. The summed E-state index contributed by atoms with van der Waals surface area (Å²) >= 11 is 6.07. The van der Waals surface area contributed by atoms with Crippen LogP contribution in [0.4, 0.5) is 0 Å². The Kier molecular flexibility index (Phi) is 4.11. The number of hydrogen-bond acceptors (Lipinski definition) is 5. The van der Waals surface area contributed by atoms with Gasteiger partial charge in [0.25, 0.3) is 5.91 Å². The van der Waals surface area contributed by atoms with Gasteiger partial charge in [0.1, 0.15) is 11.3 Å². The number of rotatable bonds is 2. The van der Waals surface area contributed by atoms with Gasteiger partial charge in [0, 0.05) is 24.2 Å². The number of likely N-dealkylation sites (tertiary alicyclic amines) is 1. The molecule has 0 unspecified atom stereocenters. The molecule has 1 fully saturated rings. The number of aryl methyl sites for hydroxylation is 2. The van der Waals surface area contributed by atoms with E-state index in [-0.39, 0.29) is 11.9 Å². The fourth-order valence-electron chi connectivity index (χ4n) is 3.63. The Bertz CT molecular complexity index is 1020. The zero-order valence-corrected chi connectivity index (χ0v) is 15.2. The molecule has 0 N–H and O–H groups in total. The number of nitrogens with zero attached hydrogens (tertiary/aromatic N) is 3. The van der Waals surface area contributed by atoms with Gasteiger partial charge in [-0.25, -0.2) is 4.79 Å². The average molecular weight is 376 g/mol. The molecule has 0 aliphatic carbocycles. The molecule has 1 aliphatic heterocycles. The molecule has 2 aromatic heterocycles. The number of aromatic nitrogens is 2. The predicted octanol–water partition coefficient (Wildman–Crippen LogP) is 3.33. The van der Waals surface area contributed by atoms with Gasteiger partial charge in [-0.15, -0.1) is 0 Å². The van der Waals surface area contributed by atoms with Crippen molar-refractivity contribution in [2.24, 2.45) is 0 Å². The molecule has 0 saturated carbocycles. The van der Waals surface area contributed by atoms with E-state index in [0.29, 0.717) is 59.1 Å². The summed E-state index contributed by atoms with van der Waals surface area (Å²) in [5, 5.41) is 4.40. The molecule has 4 rings (SSSR count). The highest BCUT2D eigenvalue weighted by molar-refractivity contribution is 6.31. The van der Waals surface area contributed by atoms with Crippen LogP contribution in [0.5, 0.6) is 0 Å².